The second-order valence-corrected chi connectivity index (χ2v) is 6.41. The van der Waals surface area contributed by atoms with Gasteiger partial charge in [-0.05, 0) is 49.7 Å². The van der Waals surface area contributed by atoms with Crippen molar-refractivity contribution in [2.24, 2.45) is 5.10 Å². The summed E-state index contributed by atoms with van der Waals surface area (Å²) in [4.78, 5) is 28.3. The standard InChI is InChI=1S/C21H22N4O4/c1-4-25-20(28)16-7-5-6-8-17(16)22-21(25)24-23-13(2)14-9-10-18(29-3)15(11-14)12-19(26)27/h5-11H,4,12H2,1-3H3,(H,22,24)(H,26,27)/b23-13-. The lowest BCUT2D eigenvalue weighted by Gasteiger charge is -2.12. The Morgan fingerprint density at radius 3 is 2.72 bits per heavy atom. The number of nitrogens with one attached hydrogen (secondary N) is 1. The molecule has 1 heterocycles. The molecular weight excluding hydrogens is 372 g/mol. The van der Waals surface area contributed by atoms with Crippen LogP contribution in [0.1, 0.15) is 25.0 Å². The van der Waals surface area contributed by atoms with E-state index in [2.05, 4.69) is 15.5 Å². The largest absolute Gasteiger partial charge is 0.496 e. The quantitative estimate of drug-likeness (QED) is 0.471. The fourth-order valence-corrected chi connectivity index (χ4v) is 3.05. The minimum absolute atomic E-state index is 0.137. The van der Waals surface area contributed by atoms with Gasteiger partial charge in [0.05, 0.1) is 30.1 Å². The number of fused-ring (bicyclic) bond motifs is 1. The van der Waals surface area contributed by atoms with Gasteiger partial charge in [-0.2, -0.15) is 5.10 Å². The lowest BCUT2D eigenvalue weighted by molar-refractivity contribution is -0.136. The van der Waals surface area contributed by atoms with Gasteiger partial charge in [0.2, 0.25) is 5.95 Å². The summed E-state index contributed by atoms with van der Waals surface area (Å²) in [5.41, 5.74) is 5.24. The van der Waals surface area contributed by atoms with Crippen LogP contribution in [0.3, 0.4) is 0 Å². The number of nitrogens with zero attached hydrogens (tertiary/aromatic N) is 3. The van der Waals surface area contributed by atoms with Crippen molar-refractivity contribution < 1.29 is 14.6 Å². The topological polar surface area (TPSA) is 106 Å². The smallest absolute Gasteiger partial charge is 0.307 e. The molecule has 0 unspecified atom stereocenters. The van der Waals surface area contributed by atoms with E-state index in [-0.39, 0.29) is 12.0 Å². The first-order chi connectivity index (χ1) is 13.9. The molecule has 2 aromatic carbocycles. The summed E-state index contributed by atoms with van der Waals surface area (Å²) in [6.45, 7) is 4.09. The molecule has 3 aromatic rings. The average Bonchev–Trinajstić information content (AvgIpc) is 2.71. The predicted octanol–water partition coefficient (Wildman–Crippen LogP) is 2.89. The number of aliphatic carboxylic acids is 1. The molecule has 0 saturated carbocycles. The molecule has 0 aliphatic heterocycles. The number of anilines is 1. The first kappa shape index (κ1) is 20.1. The second kappa shape index (κ2) is 8.55. The Labute approximate surface area is 167 Å². The zero-order valence-electron chi connectivity index (χ0n) is 16.5. The van der Waals surface area contributed by atoms with Gasteiger partial charge in [0, 0.05) is 12.1 Å². The van der Waals surface area contributed by atoms with Crippen molar-refractivity contribution in [3.8, 4) is 5.75 Å². The highest BCUT2D eigenvalue weighted by Gasteiger charge is 2.11. The van der Waals surface area contributed by atoms with E-state index in [0.717, 1.165) is 5.56 Å². The molecule has 0 aliphatic carbocycles. The van der Waals surface area contributed by atoms with Crippen LogP contribution in [0.25, 0.3) is 10.9 Å². The maximum absolute atomic E-state index is 12.7. The summed E-state index contributed by atoms with van der Waals surface area (Å²) >= 11 is 0. The summed E-state index contributed by atoms with van der Waals surface area (Å²) in [5.74, 6) is -0.0942. The summed E-state index contributed by atoms with van der Waals surface area (Å²) in [5, 5.41) is 14.0. The maximum atomic E-state index is 12.7. The molecule has 0 atom stereocenters. The van der Waals surface area contributed by atoms with Gasteiger partial charge in [0.25, 0.3) is 5.56 Å². The number of carboxylic acids is 1. The molecule has 29 heavy (non-hydrogen) atoms. The van der Waals surface area contributed by atoms with Crippen molar-refractivity contribution in [3.63, 3.8) is 0 Å². The van der Waals surface area contributed by atoms with E-state index in [4.69, 9.17) is 9.84 Å². The summed E-state index contributed by atoms with van der Waals surface area (Å²) in [6.07, 6.45) is -0.153. The molecule has 0 fully saturated rings. The maximum Gasteiger partial charge on any atom is 0.307 e. The number of hydrogen-bond donors (Lipinski definition) is 2. The highest BCUT2D eigenvalue weighted by molar-refractivity contribution is 5.99. The van der Waals surface area contributed by atoms with Gasteiger partial charge in [0.15, 0.2) is 0 Å². The van der Waals surface area contributed by atoms with Crippen LogP contribution in [0.2, 0.25) is 0 Å². The number of carboxylic acid groups (broad SMARTS) is 1. The highest BCUT2D eigenvalue weighted by Crippen LogP contribution is 2.21. The van der Waals surface area contributed by atoms with Gasteiger partial charge in [-0.1, -0.05) is 12.1 Å². The Kier molecular flexibility index (Phi) is 5.92. The molecule has 0 amide bonds. The van der Waals surface area contributed by atoms with Gasteiger partial charge in [-0.3, -0.25) is 14.2 Å². The Morgan fingerprint density at radius 1 is 1.28 bits per heavy atom. The Balaban J connectivity index is 1.96. The van der Waals surface area contributed by atoms with Crippen molar-refractivity contribution in [1.29, 1.82) is 0 Å². The van der Waals surface area contributed by atoms with Gasteiger partial charge < -0.3 is 9.84 Å². The molecule has 0 radical (unpaired) electrons. The highest BCUT2D eigenvalue weighted by atomic mass is 16.5. The Hall–Kier alpha value is -3.68. The molecule has 0 bridgehead atoms. The van der Waals surface area contributed by atoms with Crippen LogP contribution in [0, 0.1) is 0 Å². The lowest BCUT2D eigenvalue weighted by atomic mass is 10.0. The van der Waals surface area contributed by atoms with Crippen LogP contribution in [0.15, 0.2) is 52.4 Å². The third kappa shape index (κ3) is 4.26. The minimum Gasteiger partial charge on any atom is -0.496 e. The van der Waals surface area contributed by atoms with E-state index in [0.29, 0.717) is 40.4 Å². The fraction of sp³-hybridized carbons (Fsp3) is 0.238. The van der Waals surface area contributed by atoms with Gasteiger partial charge in [0.1, 0.15) is 5.75 Å². The van der Waals surface area contributed by atoms with Crippen LogP contribution in [0.4, 0.5) is 5.95 Å². The van der Waals surface area contributed by atoms with E-state index in [1.165, 1.54) is 11.7 Å². The molecule has 2 N–H and O–H groups in total. The minimum atomic E-state index is -0.944. The van der Waals surface area contributed by atoms with Crippen molar-refractivity contribution in [1.82, 2.24) is 9.55 Å². The summed E-state index contributed by atoms with van der Waals surface area (Å²) < 4.78 is 6.74. The number of hydrogen-bond acceptors (Lipinski definition) is 6. The van der Waals surface area contributed by atoms with E-state index < -0.39 is 5.97 Å². The fourth-order valence-electron chi connectivity index (χ4n) is 3.05. The molecule has 8 nitrogen and oxygen atoms in total. The molecular formula is C21H22N4O4. The van der Waals surface area contributed by atoms with E-state index in [1.54, 1.807) is 43.3 Å². The predicted molar refractivity (Wildman–Crippen MR) is 112 cm³/mol. The van der Waals surface area contributed by atoms with E-state index in [1.807, 2.05) is 13.0 Å². The molecule has 1 aromatic heterocycles. The van der Waals surface area contributed by atoms with Gasteiger partial charge in [-0.15, -0.1) is 0 Å². The number of aromatic nitrogens is 2. The van der Waals surface area contributed by atoms with E-state index >= 15 is 0 Å². The summed E-state index contributed by atoms with van der Waals surface area (Å²) in [6, 6.07) is 12.4. The number of hydrazone groups is 1. The van der Waals surface area contributed by atoms with Crippen LogP contribution in [0.5, 0.6) is 5.75 Å². The van der Waals surface area contributed by atoms with Crippen molar-refractivity contribution in [2.45, 2.75) is 26.8 Å². The lowest BCUT2D eigenvalue weighted by Crippen LogP contribution is -2.23. The van der Waals surface area contributed by atoms with E-state index in [9.17, 15) is 9.59 Å². The molecule has 3 rings (SSSR count). The Bertz CT molecular complexity index is 1150. The van der Waals surface area contributed by atoms with Crippen LogP contribution >= 0.6 is 0 Å². The SMILES string of the molecule is CCn1c(N/N=C(/C)c2ccc(OC)c(CC(=O)O)c2)nc2ccccc2c1=O. The molecule has 0 aliphatic rings. The third-order valence-corrected chi connectivity index (χ3v) is 4.54. The normalized spacial score (nSPS) is 11.5. The van der Waals surface area contributed by atoms with Crippen LogP contribution in [-0.2, 0) is 17.8 Å². The third-order valence-electron chi connectivity index (χ3n) is 4.54. The molecule has 0 spiro atoms. The summed E-state index contributed by atoms with van der Waals surface area (Å²) in [7, 11) is 1.50. The number of methoxy groups -OCH3 is 1. The van der Waals surface area contributed by atoms with Crippen LogP contribution in [-0.4, -0.2) is 33.4 Å². The molecule has 8 heteroatoms. The zero-order valence-corrected chi connectivity index (χ0v) is 16.5. The van der Waals surface area contributed by atoms with Crippen molar-refractivity contribution >= 4 is 28.5 Å². The second-order valence-electron chi connectivity index (χ2n) is 6.41. The first-order valence-electron chi connectivity index (χ1n) is 9.13. The first-order valence-corrected chi connectivity index (χ1v) is 9.13. The number of benzene rings is 2. The number of ether oxygens (including phenoxy) is 1. The Morgan fingerprint density at radius 2 is 2.03 bits per heavy atom. The van der Waals surface area contributed by atoms with Crippen LogP contribution < -0.4 is 15.7 Å². The van der Waals surface area contributed by atoms with Crippen molar-refractivity contribution in [2.75, 3.05) is 12.5 Å². The number of carbonyl (C=O) groups is 1. The molecule has 150 valence electrons. The molecule has 0 saturated heterocycles. The van der Waals surface area contributed by atoms with Gasteiger partial charge in [-0.25, -0.2) is 10.4 Å². The monoisotopic (exact) mass is 394 g/mol. The number of rotatable bonds is 7. The van der Waals surface area contributed by atoms with Crippen molar-refractivity contribution in [3.05, 3.63) is 63.9 Å². The van der Waals surface area contributed by atoms with Gasteiger partial charge >= 0.3 is 5.97 Å². The zero-order chi connectivity index (χ0) is 21.0. The number of para-hydroxylation sites is 1. The average molecular weight is 394 g/mol.